The van der Waals surface area contributed by atoms with Gasteiger partial charge in [-0.05, 0) is 43.2 Å². The Labute approximate surface area is 117 Å². The SMILES string of the molecule is Cn1c(C2C3CCC(C3)C2N)nc2cccc(Cl)c21. The van der Waals surface area contributed by atoms with Crippen molar-refractivity contribution in [2.24, 2.45) is 24.6 Å². The van der Waals surface area contributed by atoms with E-state index >= 15 is 0 Å². The van der Waals surface area contributed by atoms with Gasteiger partial charge in [0, 0.05) is 19.0 Å². The van der Waals surface area contributed by atoms with Crippen molar-refractivity contribution >= 4 is 22.6 Å². The van der Waals surface area contributed by atoms with Crippen molar-refractivity contribution in [3.63, 3.8) is 0 Å². The van der Waals surface area contributed by atoms with E-state index in [2.05, 4.69) is 11.6 Å². The summed E-state index contributed by atoms with van der Waals surface area (Å²) in [4.78, 5) is 4.82. The number of aryl methyl sites for hydroxylation is 1. The van der Waals surface area contributed by atoms with Gasteiger partial charge >= 0.3 is 0 Å². The van der Waals surface area contributed by atoms with Gasteiger partial charge in [-0.1, -0.05) is 17.7 Å². The average Bonchev–Trinajstić information content (AvgIpc) is 3.04. The van der Waals surface area contributed by atoms with Crippen molar-refractivity contribution < 1.29 is 0 Å². The summed E-state index contributed by atoms with van der Waals surface area (Å²) in [6, 6.07) is 6.19. The fraction of sp³-hybridized carbons (Fsp3) is 0.533. The summed E-state index contributed by atoms with van der Waals surface area (Å²) in [5, 5.41) is 0.774. The van der Waals surface area contributed by atoms with Gasteiger partial charge in [0.15, 0.2) is 0 Å². The Morgan fingerprint density at radius 3 is 2.79 bits per heavy atom. The molecule has 2 N–H and O–H groups in total. The number of aromatic nitrogens is 2. The molecule has 4 unspecified atom stereocenters. The number of rotatable bonds is 1. The Hall–Kier alpha value is -1.06. The lowest BCUT2D eigenvalue weighted by Crippen LogP contribution is -2.35. The molecule has 2 aliphatic rings. The lowest BCUT2D eigenvalue weighted by molar-refractivity contribution is 0.350. The van der Waals surface area contributed by atoms with Crippen LogP contribution in [0.5, 0.6) is 0 Å². The Kier molecular flexibility index (Phi) is 2.45. The zero-order valence-corrected chi connectivity index (χ0v) is 11.8. The molecule has 0 aliphatic heterocycles. The van der Waals surface area contributed by atoms with E-state index in [1.165, 1.54) is 19.3 Å². The molecule has 19 heavy (non-hydrogen) atoms. The van der Waals surface area contributed by atoms with Crippen LogP contribution in [0.4, 0.5) is 0 Å². The molecule has 0 radical (unpaired) electrons. The fourth-order valence-corrected chi connectivity index (χ4v) is 4.55. The summed E-state index contributed by atoms with van der Waals surface area (Å²) in [5.74, 6) is 2.95. The molecule has 1 heterocycles. The summed E-state index contributed by atoms with van der Waals surface area (Å²) >= 11 is 6.31. The number of fused-ring (bicyclic) bond motifs is 3. The summed E-state index contributed by atoms with van der Waals surface area (Å²) in [7, 11) is 2.06. The van der Waals surface area contributed by atoms with Crippen LogP contribution >= 0.6 is 11.6 Å². The van der Waals surface area contributed by atoms with Crippen molar-refractivity contribution in [1.29, 1.82) is 0 Å². The summed E-state index contributed by atoms with van der Waals surface area (Å²) in [5.41, 5.74) is 8.46. The van der Waals surface area contributed by atoms with Gasteiger partial charge in [-0.15, -0.1) is 0 Å². The normalized spacial score (nSPS) is 33.4. The van der Waals surface area contributed by atoms with Crippen molar-refractivity contribution in [3.05, 3.63) is 29.0 Å². The molecule has 2 fully saturated rings. The molecule has 0 amide bonds. The highest BCUT2D eigenvalue weighted by atomic mass is 35.5. The van der Waals surface area contributed by atoms with E-state index in [4.69, 9.17) is 22.3 Å². The number of hydrogen-bond acceptors (Lipinski definition) is 2. The van der Waals surface area contributed by atoms with E-state index in [1.807, 2.05) is 18.2 Å². The van der Waals surface area contributed by atoms with Crippen LogP contribution in [-0.2, 0) is 7.05 Å². The van der Waals surface area contributed by atoms with Crippen molar-refractivity contribution in [1.82, 2.24) is 9.55 Å². The Morgan fingerprint density at radius 2 is 2.11 bits per heavy atom. The number of nitrogens with two attached hydrogens (primary N) is 1. The van der Waals surface area contributed by atoms with Gasteiger partial charge in [0.25, 0.3) is 0 Å². The Morgan fingerprint density at radius 1 is 1.32 bits per heavy atom. The van der Waals surface area contributed by atoms with Crippen LogP contribution in [0.25, 0.3) is 11.0 Å². The largest absolute Gasteiger partial charge is 0.330 e. The lowest BCUT2D eigenvalue weighted by atomic mass is 9.84. The predicted octanol–water partition coefficient (Wildman–Crippen LogP) is 3.07. The second kappa shape index (κ2) is 3.97. The minimum absolute atomic E-state index is 0.271. The molecular weight excluding hydrogens is 258 g/mol. The Bertz CT molecular complexity index is 646. The summed E-state index contributed by atoms with van der Waals surface area (Å²) in [6.45, 7) is 0. The first-order valence-electron chi connectivity index (χ1n) is 7.03. The lowest BCUT2D eigenvalue weighted by Gasteiger charge is -2.27. The molecule has 4 rings (SSSR count). The zero-order chi connectivity index (χ0) is 13.1. The van der Waals surface area contributed by atoms with Crippen molar-refractivity contribution in [3.8, 4) is 0 Å². The van der Waals surface area contributed by atoms with Crippen LogP contribution in [0.15, 0.2) is 18.2 Å². The second-order valence-corrected chi connectivity index (χ2v) is 6.48. The highest BCUT2D eigenvalue weighted by Gasteiger charge is 2.48. The standard InChI is InChI=1S/C15H18ClN3/c1-19-14-10(16)3-2-4-11(14)18-15(19)12-8-5-6-9(7-8)13(12)17/h2-4,8-9,12-13H,5-7,17H2,1H3. The molecule has 1 aromatic carbocycles. The van der Waals surface area contributed by atoms with Crippen molar-refractivity contribution in [2.75, 3.05) is 0 Å². The zero-order valence-electron chi connectivity index (χ0n) is 11.0. The maximum Gasteiger partial charge on any atom is 0.114 e. The van der Waals surface area contributed by atoms with Crippen LogP contribution in [0.2, 0.25) is 5.02 Å². The first kappa shape index (κ1) is 11.7. The van der Waals surface area contributed by atoms with Gasteiger partial charge in [0.1, 0.15) is 5.82 Å². The quantitative estimate of drug-likeness (QED) is 0.869. The monoisotopic (exact) mass is 275 g/mol. The fourth-order valence-electron chi connectivity index (χ4n) is 4.26. The van der Waals surface area contributed by atoms with Gasteiger partial charge < -0.3 is 10.3 Å². The number of imidazole rings is 1. The average molecular weight is 276 g/mol. The number of hydrogen-bond donors (Lipinski definition) is 1. The van der Waals surface area contributed by atoms with Crippen LogP contribution in [0.1, 0.15) is 31.0 Å². The van der Waals surface area contributed by atoms with E-state index in [9.17, 15) is 0 Å². The molecule has 100 valence electrons. The van der Waals surface area contributed by atoms with Crippen molar-refractivity contribution in [2.45, 2.75) is 31.2 Å². The summed E-state index contributed by atoms with van der Waals surface area (Å²) < 4.78 is 2.16. The molecule has 0 saturated heterocycles. The summed E-state index contributed by atoms with van der Waals surface area (Å²) in [6.07, 6.45) is 3.88. The number of nitrogens with zero attached hydrogens (tertiary/aromatic N) is 2. The topological polar surface area (TPSA) is 43.8 Å². The molecule has 0 spiro atoms. The van der Waals surface area contributed by atoms with Gasteiger partial charge in [-0.25, -0.2) is 4.98 Å². The molecule has 2 saturated carbocycles. The molecule has 2 bridgehead atoms. The number of benzene rings is 1. The maximum absolute atomic E-state index is 6.44. The van der Waals surface area contributed by atoms with Gasteiger partial charge in [-0.3, -0.25) is 0 Å². The van der Waals surface area contributed by atoms with E-state index in [-0.39, 0.29) is 6.04 Å². The Balaban J connectivity index is 1.88. The molecule has 4 heteroatoms. The first-order chi connectivity index (χ1) is 9.16. The number of para-hydroxylation sites is 1. The smallest absolute Gasteiger partial charge is 0.114 e. The minimum atomic E-state index is 0.271. The molecule has 1 aromatic heterocycles. The van der Waals surface area contributed by atoms with E-state index in [1.54, 1.807) is 0 Å². The predicted molar refractivity (Wildman–Crippen MR) is 77.3 cm³/mol. The van der Waals surface area contributed by atoms with E-state index in [0.717, 1.165) is 21.9 Å². The molecule has 2 aliphatic carbocycles. The van der Waals surface area contributed by atoms with Gasteiger partial charge in [0.2, 0.25) is 0 Å². The molecule has 3 nitrogen and oxygen atoms in total. The third-order valence-electron chi connectivity index (χ3n) is 5.16. The van der Waals surface area contributed by atoms with Crippen LogP contribution < -0.4 is 5.73 Å². The molecule has 4 atom stereocenters. The third-order valence-corrected chi connectivity index (χ3v) is 5.46. The minimum Gasteiger partial charge on any atom is -0.330 e. The van der Waals surface area contributed by atoms with Gasteiger partial charge in [0.05, 0.1) is 16.1 Å². The van der Waals surface area contributed by atoms with Gasteiger partial charge in [-0.2, -0.15) is 0 Å². The highest BCUT2D eigenvalue weighted by molar-refractivity contribution is 6.35. The number of halogens is 1. The van der Waals surface area contributed by atoms with Crippen LogP contribution in [0, 0.1) is 11.8 Å². The maximum atomic E-state index is 6.44. The van der Waals surface area contributed by atoms with E-state index in [0.29, 0.717) is 17.8 Å². The van der Waals surface area contributed by atoms with Crippen LogP contribution in [0.3, 0.4) is 0 Å². The van der Waals surface area contributed by atoms with Crippen LogP contribution in [-0.4, -0.2) is 15.6 Å². The second-order valence-electron chi connectivity index (χ2n) is 6.07. The molecular formula is C15H18ClN3. The third kappa shape index (κ3) is 1.52. The first-order valence-corrected chi connectivity index (χ1v) is 7.41. The highest BCUT2D eigenvalue weighted by Crippen LogP contribution is 2.52. The van der Waals surface area contributed by atoms with E-state index < -0.39 is 0 Å². The molecule has 2 aromatic rings.